The van der Waals surface area contributed by atoms with Crippen LogP contribution in [0.5, 0.6) is 0 Å². The molecule has 0 aliphatic heterocycles. The molecule has 0 spiro atoms. The third-order valence-corrected chi connectivity index (χ3v) is 3.40. The number of nitrogens with two attached hydrogens (primary N) is 1. The van der Waals surface area contributed by atoms with Crippen molar-refractivity contribution in [3.8, 4) is 6.07 Å². The average molecular weight is 317 g/mol. The summed E-state index contributed by atoms with van der Waals surface area (Å²) in [6.45, 7) is 5.79. The highest BCUT2D eigenvalue weighted by Crippen LogP contribution is 2.23. The summed E-state index contributed by atoms with van der Waals surface area (Å²) in [5, 5.41) is 12.9. The van der Waals surface area contributed by atoms with Crippen molar-refractivity contribution < 1.29 is 17.0 Å². The highest BCUT2D eigenvalue weighted by molar-refractivity contribution is 6.30. The Morgan fingerprint density at radius 2 is 2.00 bits per heavy atom. The smallest absolute Gasteiger partial charge is 0.275 e. The average Bonchev–Trinajstić information content (AvgIpc) is 2.39. The maximum atomic E-state index is 9.27. The number of rotatable bonds is 7. The molecule has 1 rings (SSSR count). The maximum Gasteiger partial charge on any atom is 0.275 e. The Balaban J connectivity index is 0.00000361. The van der Waals surface area contributed by atoms with Crippen LogP contribution >= 0.6 is 11.6 Å². The van der Waals surface area contributed by atoms with Crippen LogP contribution in [0.1, 0.15) is 45.1 Å². The van der Waals surface area contributed by atoms with Crippen LogP contribution in [-0.2, 0) is 6.54 Å². The van der Waals surface area contributed by atoms with Gasteiger partial charge in [0.05, 0.1) is 18.3 Å². The van der Waals surface area contributed by atoms with Gasteiger partial charge in [0.2, 0.25) is 5.15 Å². The predicted molar refractivity (Wildman–Crippen MR) is 79.1 cm³/mol. The fourth-order valence-corrected chi connectivity index (χ4v) is 2.17. The highest BCUT2D eigenvalue weighted by Gasteiger charge is 2.19. The summed E-state index contributed by atoms with van der Waals surface area (Å²) < 4.78 is 1.80. The molecule has 112 valence electrons. The van der Waals surface area contributed by atoms with E-state index in [-0.39, 0.29) is 12.4 Å². The van der Waals surface area contributed by atoms with Gasteiger partial charge in [-0.15, -0.1) is 0 Å². The van der Waals surface area contributed by atoms with Crippen LogP contribution < -0.4 is 28.0 Å². The van der Waals surface area contributed by atoms with Crippen LogP contribution in [0.15, 0.2) is 6.07 Å². The van der Waals surface area contributed by atoms with Crippen LogP contribution in [0.2, 0.25) is 5.15 Å². The molecule has 0 amide bonds. The van der Waals surface area contributed by atoms with Gasteiger partial charge in [-0.3, -0.25) is 5.73 Å². The zero-order valence-electron chi connectivity index (χ0n) is 12.0. The van der Waals surface area contributed by atoms with E-state index >= 15 is 0 Å². The number of aromatic nitrogens is 1. The number of nitriles is 1. The number of nitrogens with zero attached hydrogens (tertiary/aromatic N) is 2. The SMILES string of the molecule is CCCCNc1cc(N)[n+](CCCC)c(Cl)c1C#N.[Cl-]. The quantitative estimate of drug-likeness (QED) is 0.426. The van der Waals surface area contributed by atoms with E-state index in [1.165, 1.54) is 0 Å². The minimum absolute atomic E-state index is 0. The van der Waals surface area contributed by atoms with E-state index in [9.17, 15) is 5.26 Å². The summed E-state index contributed by atoms with van der Waals surface area (Å²) in [5.74, 6) is 0.594. The number of anilines is 2. The largest absolute Gasteiger partial charge is 1.00 e. The normalized spacial score (nSPS) is 9.70. The Kier molecular flexibility index (Phi) is 9.11. The van der Waals surface area contributed by atoms with Crippen molar-refractivity contribution in [3.63, 3.8) is 0 Å². The summed E-state index contributed by atoms with van der Waals surface area (Å²) in [6, 6.07) is 3.97. The van der Waals surface area contributed by atoms with Gasteiger partial charge in [0.15, 0.2) is 0 Å². The number of hydrogen-bond donors (Lipinski definition) is 2. The second-order valence-corrected chi connectivity index (χ2v) is 4.90. The van der Waals surface area contributed by atoms with E-state index < -0.39 is 0 Å². The summed E-state index contributed by atoms with van der Waals surface area (Å²) in [4.78, 5) is 0. The van der Waals surface area contributed by atoms with E-state index in [4.69, 9.17) is 17.3 Å². The first-order valence-corrected chi connectivity index (χ1v) is 7.19. The molecule has 0 aliphatic rings. The molecule has 1 heterocycles. The van der Waals surface area contributed by atoms with Gasteiger partial charge < -0.3 is 17.7 Å². The number of hydrogen-bond acceptors (Lipinski definition) is 3. The van der Waals surface area contributed by atoms with E-state index in [0.717, 1.165) is 44.5 Å². The van der Waals surface area contributed by atoms with Crippen LogP contribution in [0.25, 0.3) is 0 Å². The minimum Gasteiger partial charge on any atom is -1.00 e. The van der Waals surface area contributed by atoms with Crippen LogP contribution in [0.3, 0.4) is 0 Å². The van der Waals surface area contributed by atoms with E-state index in [1.807, 2.05) is 0 Å². The summed E-state index contributed by atoms with van der Waals surface area (Å²) in [7, 11) is 0. The summed E-state index contributed by atoms with van der Waals surface area (Å²) in [5.41, 5.74) is 7.22. The van der Waals surface area contributed by atoms with Gasteiger partial charge in [0.25, 0.3) is 5.82 Å². The Hall–Kier alpha value is -1.18. The second-order valence-electron chi connectivity index (χ2n) is 4.55. The van der Waals surface area contributed by atoms with Crippen molar-refractivity contribution in [2.75, 3.05) is 17.6 Å². The van der Waals surface area contributed by atoms with Crippen molar-refractivity contribution in [1.82, 2.24) is 0 Å². The molecule has 4 nitrogen and oxygen atoms in total. The van der Waals surface area contributed by atoms with Crippen LogP contribution in [0, 0.1) is 11.3 Å². The first kappa shape index (κ1) is 18.8. The van der Waals surface area contributed by atoms with Gasteiger partial charge in [0, 0.05) is 6.54 Å². The molecule has 3 N–H and O–H groups in total. The molecule has 0 aromatic carbocycles. The van der Waals surface area contributed by atoms with Gasteiger partial charge in [-0.2, -0.15) is 5.26 Å². The minimum atomic E-state index is 0. The molecule has 0 saturated heterocycles. The molecular formula is C14H22Cl2N4. The van der Waals surface area contributed by atoms with Gasteiger partial charge in [0.1, 0.15) is 11.6 Å². The fourth-order valence-electron chi connectivity index (χ4n) is 1.85. The first-order valence-electron chi connectivity index (χ1n) is 6.81. The number of nitrogens with one attached hydrogen (secondary N) is 1. The Morgan fingerprint density at radius 3 is 2.55 bits per heavy atom. The van der Waals surface area contributed by atoms with Crippen LogP contribution in [-0.4, -0.2) is 6.54 Å². The lowest BCUT2D eigenvalue weighted by Crippen LogP contribution is -3.00. The molecule has 0 fully saturated rings. The fraction of sp³-hybridized carbons (Fsp3) is 0.571. The van der Waals surface area contributed by atoms with Crippen molar-refractivity contribution >= 4 is 23.1 Å². The summed E-state index contributed by atoms with van der Waals surface area (Å²) >= 11 is 6.29. The molecule has 0 bridgehead atoms. The molecule has 6 heteroatoms. The third kappa shape index (κ3) is 4.73. The highest BCUT2D eigenvalue weighted by atomic mass is 35.5. The lowest BCUT2D eigenvalue weighted by atomic mass is 10.2. The number of halogens is 2. The molecule has 20 heavy (non-hydrogen) atoms. The van der Waals surface area contributed by atoms with Crippen LogP contribution in [0.4, 0.5) is 11.5 Å². The maximum absolute atomic E-state index is 9.27. The number of unbranched alkanes of at least 4 members (excludes halogenated alkanes) is 2. The van der Waals surface area contributed by atoms with Crippen molar-refractivity contribution in [2.45, 2.75) is 46.1 Å². The lowest BCUT2D eigenvalue weighted by Gasteiger charge is -2.12. The Bertz CT molecular complexity index is 469. The molecular weight excluding hydrogens is 295 g/mol. The molecule has 0 aliphatic carbocycles. The van der Waals surface area contributed by atoms with Crippen molar-refractivity contribution in [1.29, 1.82) is 5.26 Å². The molecule has 0 unspecified atom stereocenters. The number of pyridine rings is 1. The molecule has 0 radical (unpaired) electrons. The molecule has 0 saturated carbocycles. The predicted octanol–water partition coefficient (Wildman–Crippen LogP) is 0.0975. The van der Waals surface area contributed by atoms with Crippen molar-refractivity contribution in [3.05, 3.63) is 16.8 Å². The summed E-state index contributed by atoms with van der Waals surface area (Å²) in [6.07, 6.45) is 4.19. The van der Waals surface area contributed by atoms with Gasteiger partial charge in [-0.25, -0.2) is 4.57 Å². The molecule has 0 atom stereocenters. The lowest BCUT2D eigenvalue weighted by molar-refractivity contribution is -0.681. The molecule has 1 aromatic heterocycles. The first-order chi connectivity index (χ1) is 9.15. The van der Waals surface area contributed by atoms with Gasteiger partial charge in [-0.05, 0) is 24.4 Å². The van der Waals surface area contributed by atoms with Gasteiger partial charge in [-0.1, -0.05) is 26.7 Å². The van der Waals surface area contributed by atoms with E-state index in [0.29, 0.717) is 16.5 Å². The Labute approximate surface area is 132 Å². The van der Waals surface area contributed by atoms with E-state index in [2.05, 4.69) is 25.2 Å². The van der Waals surface area contributed by atoms with Gasteiger partial charge >= 0.3 is 0 Å². The Morgan fingerprint density at radius 1 is 1.35 bits per heavy atom. The topological polar surface area (TPSA) is 65.7 Å². The number of nitrogen functional groups attached to an aromatic ring is 1. The standard InChI is InChI=1S/C14H21ClN4.ClH/c1-3-5-7-18-12-9-13(17)19(8-6-4-2)14(15)11(12)10-16;/h9H,3-8H2,1-2H3,(H2,17,18);1H. The second kappa shape index (κ2) is 9.68. The van der Waals surface area contributed by atoms with Crippen molar-refractivity contribution in [2.24, 2.45) is 0 Å². The molecule has 1 aromatic rings. The van der Waals surface area contributed by atoms with E-state index in [1.54, 1.807) is 10.6 Å². The third-order valence-electron chi connectivity index (χ3n) is 3.01. The zero-order valence-corrected chi connectivity index (χ0v) is 13.6. The zero-order chi connectivity index (χ0) is 14.3. The monoisotopic (exact) mass is 316 g/mol.